The zero-order chi connectivity index (χ0) is 12.6. The molecule has 0 fully saturated rings. The van der Waals surface area contributed by atoms with Crippen molar-refractivity contribution < 1.29 is 9.59 Å². The van der Waals surface area contributed by atoms with Gasteiger partial charge in [-0.3, -0.25) is 15.0 Å². The van der Waals surface area contributed by atoms with E-state index < -0.39 is 0 Å². The van der Waals surface area contributed by atoms with Gasteiger partial charge in [-0.05, 0) is 38.5 Å². The average Bonchev–Trinajstić information content (AvgIpc) is 2.47. The van der Waals surface area contributed by atoms with E-state index in [0.29, 0.717) is 11.1 Å². The van der Waals surface area contributed by atoms with Crippen molar-refractivity contribution in [2.45, 2.75) is 20.8 Å². The molecule has 0 unspecified atom stereocenters. The van der Waals surface area contributed by atoms with E-state index in [9.17, 15) is 9.59 Å². The van der Waals surface area contributed by atoms with E-state index in [0.717, 1.165) is 16.3 Å². The summed E-state index contributed by atoms with van der Waals surface area (Å²) in [5.41, 5.74) is 5.62. The van der Waals surface area contributed by atoms with Gasteiger partial charge in [-0.25, -0.2) is 0 Å². The minimum absolute atomic E-state index is 0.283. The second-order valence-electron chi connectivity index (χ2n) is 4.18. The molecule has 2 rings (SSSR count). The Morgan fingerprint density at radius 2 is 1.59 bits per heavy atom. The summed E-state index contributed by atoms with van der Waals surface area (Å²) < 4.78 is 0. The van der Waals surface area contributed by atoms with Crippen molar-refractivity contribution in [1.82, 2.24) is 5.01 Å². The molecule has 0 bridgehead atoms. The number of carbonyl (C=O) groups excluding carboxylic acids is 2. The van der Waals surface area contributed by atoms with Crippen molar-refractivity contribution in [3.05, 3.63) is 41.0 Å². The van der Waals surface area contributed by atoms with Crippen molar-refractivity contribution in [1.29, 1.82) is 0 Å². The van der Waals surface area contributed by atoms with E-state index >= 15 is 0 Å². The van der Waals surface area contributed by atoms with Gasteiger partial charge in [-0.15, -0.1) is 0 Å². The fourth-order valence-electron chi connectivity index (χ4n) is 1.69. The summed E-state index contributed by atoms with van der Waals surface area (Å²) >= 11 is 0. The van der Waals surface area contributed by atoms with E-state index in [4.69, 9.17) is 0 Å². The molecule has 88 valence electrons. The molecule has 0 radical (unpaired) electrons. The van der Waals surface area contributed by atoms with Crippen LogP contribution in [0.2, 0.25) is 0 Å². The molecule has 2 amide bonds. The van der Waals surface area contributed by atoms with E-state index in [1.807, 2.05) is 31.2 Å². The summed E-state index contributed by atoms with van der Waals surface area (Å²) in [5.74, 6) is -0.567. The highest BCUT2D eigenvalue weighted by Crippen LogP contribution is 2.21. The number of anilines is 1. The van der Waals surface area contributed by atoms with Gasteiger partial charge in [0.25, 0.3) is 11.8 Å². The lowest BCUT2D eigenvalue weighted by molar-refractivity contribution is -0.135. The first-order valence-electron chi connectivity index (χ1n) is 5.40. The number of nitrogens with one attached hydrogen (secondary N) is 1. The summed E-state index contributed by atoms with van der Waals surface area (Å²) in [5, 5.41) is 1.06. The Morgan fingerprint density at radius 3 is 2.12 bits per heavy atom. The number of imide groups is 1. The van der Waals surface area contributed by atoms with Crippen LogP contribution in [0.15, 0.2) is 35.4 Å². The van der Waals surface area contributed by atoms with E-state index in [-0.39, 0.29) is 11.8 Å². The first-order valence-corrected chi connectivity index (χ1v) is 5.40. The van der Waals surface area contributed by atoms with Gasteiger partial charge in [0.1, 0.15) is 0 Å². The van der Waals surface area contributed by atoms with Crippen LogP contribution in [-0.4, -0.2) is 16.8 Å². The number of aryl methyl sites for hydroxylation is 1. The third-order valence-corrected chi connectivity index (χ3v) is 2.87. The smallest absolute Gasteiger partial charge is 0.275 e. The van der Waals surface area contributed by atoms with Gasteiger partial charge in [-0.1, -0.05) is 12.1 Å². The maximum Gasteiger partial charge on any atom is 0.275 e. The molecule has 0 atom stereocenters. The topological polar surface area (TPSA) is 49.4 Å². The molecule has 1 aliphatic rings. The van der Waals surface area contributed by atoms with Crippen molar-refractivity contribution in [2.24, 2.45) is 0 Å². The predicted octanol–water partition coefficient (Wildman–Crippen LogP) is 2.03. The molecule has 17 heavy (non-hydrogen) atoms. The number of rotatable bonds is 2. The highest BCUT2D eigenvalue weighted by atomic mass is 16.2. The largest absolute Gasteiger partial charge is 0.288 e. The fraction of sp³-hybridized carbons (Fsp3) is 0.231. The van der Waals surface area contributed by atoms with E-state index in [1.54, 1.807) is 13.8 Å². The molecule has 1 N–H and O–H groups in total. The fourth-order valence-corrected chi connectivity index (χ4v) is 1.69. The molecule has 4 nitrogen and oxygen atoms in total. The van der Waals surface area contributed by atoms with Crippen LogP contribution < -0.4 is 5.43 Å². The van der Waals surface area contributed by atoms with Crippen molar-refractivity contribution in [3.8, 4) is 0 Å². The summed E-state index contributed by atoms with van der Waals surface area (Å²) in [6, 6.07) is 7.52. The average molecular weight is 230 g/mol. The number of hydrogen-bond donors (Lipinski definition) is 1. The van der Waals surface area contributed by atoms with Crippen LogP contribution in [-0.2, 0) is 9.59 Å². The normalized spacial score (nSPS) is 15.8. The molecular formula is C13H14N2O2. The molecule has 0 saturated carbocycles. The number of nitrogens with zero attached hydrogens (tertiary/aromatic N) is 1. The van der Waals surface area contributed by atoms with Gasteiger partial charge < -0.3 is 0 Å². The lowest BCUT2D eigenvalue weighted by atomic mass is 10.2. The minimum atomic E-state index is -0.283. The molecule has 1 heterocycles. The summed E-state index contributed by atoms with van der Waals surface area (Å²) in [6.07, 6.45) is 0. The number of hydrogen-bond acceptors (Lipinski definition) is 3. The highest BCUT2D eigenvalue weighted by Gasteiger charge is 2.33. The quantitative estimate of drug-likeness (QED) is 0.791. The number of hydrazine groups is 1. The zero-order valence-corrected chi connectivity index (χ0v) is 10.1. The molecular weight excluding hydrogens is 216 g/mol. The molecule has 0 spiro atoms. The Hall–Kier alpha value is -2.10. The monoisotopic (exact) mass is 230 g/mol. The predicted molar refractivity (Wildman–Crippen MR) is 65.0 cm³/mol. The van der Waals surface area contributed by atoms with Gasteiger partial charge in [0, 0.05) is 11.1 Å². The summed E-state index contributed by atoms with van der Waals surface area (Å²) in [6.45, 7) is 5.27. The Morgan fingerprint density at radius 1 is 1.00 bits per heavy atom. The standard InChI is InChI=1S/C13H14N2O2/c1-8-5-4-6-11(7-8)14-15-12(16)9(2)10(3)13(15)17/h4-7,14H,1-3H3. The second-order valence-corrected chi connectivity index (χ2v) is 4.18. The third kappa shape index (κ3) is 1.93. The van der Waals surface area contributed by atoms with Crippen molar-refractivity contribution >= 4 is 17.5 Å². The van der Waals surface area contributed by atoms with Gasteiger partial charge >= 0.3 is 0 Å². The van der Waals surface area contributed by atoms with Crippen LogP contribution in [0.5, 0.6) is 0 Å². The molecule has 1 aromatic carbocycles. The number of amides is 2. The Labute approximate surface area is 99.9 Å². The van der Waals surface area contributed by atoms with Crippen LogP contribution in [0.4, 0.5) is 5.69 Å². The number of carbonyl (C=O) groups is 2. The van der Waals surface area contributed by atoms with Gasteiger partial charge in [0.05, 0.1) is 5.69 Å². The van der Waals surface area contributed by atoms with E-state index in [1.165, 1.54) is 0 Å². The first kappa shape index (κ1) is 11.4. The Balaban J connectivity index is 2.22. The molecule has 4 heteroatoms. The SMILES string of the molecule is CC1=C(C)C(=O)N(Nc2cccc(C)c2)C1=O. The molecule has 0 aromatic heterocycles. The second kappa shape index (κ2) is 4.05. The van der Waals surface area contributed by atoms with Crippen molar-refractivity contribution in [2.75, 3.05) is 5.43 Å². The zero-order valence-electron chi connectivity index (χ0n) is 10.1. The number of benzene rings is 1. The molecule has 0 aliphatic carbocycles. The van der Waals surface area contributed by atoms with Crippen LogP contribution in [0, 0.1) is 6.92 Å². The summed E-state index contributed by atoms with van der Waals surface area (Å²) in [4.78, 5) is 23.6. The van der Waals surface area contributed by atoms with Crippen LogP contribution in [0.1, 0.15) is 19.4 Å². The molecule has 0 saturated heterocycles. The van der Waals surface area contributed by atoms with E-state index in [2.05, 4.69) is 5.43 Å². The minimum Gasteiger partial charge on any atom is -0.288 e. The Kier molecular flexibility index (Phi) is 2.71. The maximum atomic E-state index is 11.8. The van der Waals surface area contributed by atoms with Gasteiger partial charge in [0.2, 0.25) is 0 Å². The van der Waals surface area contributed by atoms with Crippen LogP contribution in [0.25, 0.3) is 0 Å². The van der Waals surface area contributed by atoms with Crippen molar-refractivity contribution in [3.63, 3.8) is 0 Å². The molecule has 1 aliphatic heterocycles. The molecule has 1 aromatic rings. The maximum absolute atomic E-state index is 11.8. The van der Waals surface area contributed by atoms with Gasteiger partial charge in [0.15, 0.2) is 0 Å². The van der Waals surface area contributed by atoms with Crippen LogP contribution in [0.3, 0.4) is 0 Å². The van der Waals surface area contributed by atoms with Crippen LogP contribution >= 0.6 is 0 Å². The first-order chi connectivity index (χ1) is 8.00. The third-order valence-electron chi connectivity index (χ3n) is 2.87. The lowest BCUT2D eigenvalue weighted by Crippen LogP contribution is -2.36. The Bertz CT molecular complexity index is 508. The van der Waals surface area contributed by atoms with Gasteiger partial charge in [-0.2, -0.15) is 5.01 Å². The highest BCUT2D eigenvalue weighted by molar-refractivity contribution is 6.19. The summed E-state index contributed by atoms with van der Waals surface area (Å²) in [7, 11) is 0. The lowest BCUT2D eigenvalue weighted by Gasteiger charge is -2.17.